The van der Waals surface area contributed by atoms with Crippen LogP contribution in [0.25, 0.3) is 0 Å². The average Bonchev–Trinajstić information content (AvgIpc) is 2.96. The second-order valence-corrected chi connectivity index (χ2v) is 5.80. The van der Waals surface area contributed by atoms with Gasteiger partial charge in [-0.05, 0) is 12.8 Å². The maximum Gasteiger partial charge on any atom is 0.185 e. The highest BCUT2D eigenvalue weighted by Crippen LogP contribution is 2.26. The van der Waals surface area contributed by atoms with Crippen LogP contribution in [0.3, 0.4) is 0 Å². The van der Waals surface area contributed by atoms with Crippen molar-refractivity contribution in [3.05, 3.63) is 11.6 Å². The molecule has 0 bridgehead atoms. The number of rotatable bonds is 5. The van der Waals surface area contributed by atoms with Gasteiger partial charge in [0, 0.05) is 49.8 Å². The summed E-state index contributed by atoms with van der Waals surface area (Å²) in [5, 5.41) is 3.20. The molecule has 0 unspecified atom stereocenters. The molecule has 0 radical (unpaired) electrons. The molecule has 2 rings (SSSR count). The molecule has 102 valence electrons. The smallest absolute Gasteiger partial charge is 0.185 e. The lowest BCUT2D eigenvalue weighted by Crippen LogP contribution is -2.59. The Labute approximate surface area is 114 Å². The van der Waals surface area contributed by atoms with Gasteiger partial charge in [0.25, 0.3) is 0 Å². The van der Waals surface area contributed by atoms with Crippen molar-refractivity contribution >= 4 is 16.5 Å². The molecule has 1 aliphatic rings. The summed E-state index contributed by atoms with van der Waals surface area (Å²) in [4.78, 5) is 9.35. The van der Waals surface area contributed by atoms with Gasteiger partial charge in [0.1, 0.15) is 0 Å². The second kappa shape index (κ2) is 5.99. The van der Waals surface area contributed by atoms with Crippen molar-refractivity contribution in [2.75, 3.05) is 37.6 Å². The predicted octanol–water partition coefficient (Wildman–Crippen LogP) is 1.78. The van der Waals surface area contributed by atoms with Gasteiger partial charge in [0.05, 0.1) is 0 Å². The molecule has 0 aromatic carbocycles. The fourth-order valence-corrected chi connectivity index (χ4v) is 3.56. The first-order chi connectivity index (χ1) is 8.75. The lowest BCUT2D eigenvalue weighted by molar-refractivity contribution is 0.0786. The number of thiazole rings is 1. The molecular weight excluding hydrogens is 244 g/mol. The molecule has 2 heterocycles. The van der Waals surface area contributed by atoms with Crippen LogP contribution in [0.15, 0.2) is 11.6 Å². The number of piperazine rings is 1. The lowest BCUT2D eigenvalue weighted by Gasteiger charge is -2.46. The first kappa shape index (κ1) is 13.8. The van der Waals surface area contributed by atoms with Crippen molar-refractivity contribution in [3.63, 3.8) is 0 Å². The summed E-state index contributed by atoms with van der Waals surface area (Å²) in [6.45, 7) is 9.59. The van der Waals surface area contributed by atoms with Crippen LogP contribution in [0.1, 0.15) is 26.7 Å². The van der Waals surface area contributed by atoms with Crippen LogP contribution in [0.2, 0.25) is 0 Å². The highest BCUT2D eigenvalue weighted by Gasteiger charge is 2.34. The van der Waals surface area contributed by atoms with Crippen molar-refractivity contribution in [2.24, 2.45) is 5.73 Å². The van der Waals surface area contributed by atoms with E-state index in [4.69, 9.17) is 5.73 Å². The molecule has 2 N–H and O–H groups in total. The zero-order valence-electron chi connectivity index (χ0n) is 11.4. The van der Waals surface area contributed by atoms with Crippen molar-refractivity contribution < 1.29 is 0 Å². The first-order valence-corrected chi connectivity index (χ1v) is 7.73. The van der Waals surface area contributed by atoms with E-state index < -0.39 is 0 Å². The van der Waals surface area contributed by atoms with Crippen LogP contribution in [0, 0.1) is 0 Å². The Balaban J connectivity index is 1.97. The average molecular weight is 268 g/mol. The number of nitrogens with two attached hydrogens (primary N) is 1. The maximum absolute atomic E-state index is 6.02. The summed E-state index contributed by atoms with van der Waals surface area (Å²) >= 11 is 1.73. The summed E-state index contributed by atoms with van der Waals surface area (Å²) in [6.07, 6.45) is 4.16. The highest BCUT2D eigenvalue weighted by molar-refractivity contribution is 7.13. The minimum Gasteiger partial charge on any atom is -0.346 e. The van der Waals surface area contributed by atoms with Gasteiger partial charge in [0.15, 0.2) is 5.13 Å². The number of anilines is 1. The summed E-state index contributed by atoms with van der Waals surface area (Å²) < 4.78 is 0. The molecule has 1 saturated heterocycles. The SMILES string of the molecule is CCC(CC)(CN)N1CCN(c2nccs2)CC1. The molecule has 5 heteroatoms. The van der Waals surface area contributed by atoms with E-state index in [9.17, 15) is 0 Å². The maximum atomic E-state index is 6.02. The van der Waals surface area contributed by atoms with Crippen molar-refractivity contribution in [1.29, 1.82) is 0 Å². The molecule has 0 spiro atoms. The van der Waals surface area contributed by atoms with E-state index in [1.165, 1.54) is 0 Å². The van der Waals surface area contributed by atoms with Gasteiger partial charge in [-0.2, -0.15) is 0 Å². The summed E-state index contributed by atoms with van der Waals surface area (Å²) in [6, 6.07) is 0. The quantitative estimate of drug-likeness (QED) is 0.884. The van der Waals surface area contributed by atoms with E-state index in [1.54, 1.807) is 11.3 Å². The lowest BCUT2D eigenvalue weighted by atomic mass is 9.90. The van der Waals surface area contributed by atoms with Gasteiger partial charge >= 0.3 is 0 Å². The van der Waals surface area contributed by atoms with E-state index in [2.05, 4.69) is 28.6 Å². The van der Waals surface area contributed by atoms with Gasteiger partial charge in [-0.25, -0.2) is 4.98 Å². The molecule has 1 aromatic heterocycles. The van der Waals surface area contributed by atoms with E-state index in [0.29, 0.717) is 0 Å². The molecule has 0 atom stereocenters. The molecule has 1 fully saturated rings. The van der Waals surface area contributed by atoms with Crippen LogP contribution in [0.5, 0.6) is 0 Å². The third-order valence-electron chi connectivity index (χ3n) is 4.34. The minimum absolute atomic E-state index is 0.203. The second-order valence-electron chi connectivity index (χ2n) is 4.92. The zero-order valence-corrected chi connectivity index (χ0v) is 12.2. The predicted molar refractivity (Wildman–Crippen MR) is 78.3 cm³/mol. The Morgan fingerprint density at radius 1 is 1.28 bits per heavy atom. The summed E-state index contributed by atoms with van der Waals surface area (Å²) in [5.41, 5.74) is 6.23. The molecule has 1 aromatic rings. The van der Waals surface area contributed by atoms with Crippen LogP contribution in [0.4, 0.5) is 5.13 Å². The largest absolute Gasteiger partial charge is 0.346 e. The Kier molecular flexibility index (Phi) is 4.59. The number of aromatic nitrogens is 1. The van der Waals surface area contributed by atoms with Crippen LogP contribution in [-0.4, -0.2) is 48.1 Å². The minimum atomic E-state index is 0.203. The monoisotopic (exact) mass is 268 g/mol. The zero-order chi connectivity index (χ0) is 13.0. The number of hydrogen-bond donors (Lipinski definition) is 1. The normalized spacial score (nSPS) is 18.3. The van der Waals surface area contributed by atoms with E-state index in [0.717, 1.165) is 50.7 Å². The van der Waals surface area contributed by atoms with Gasteiger partial charge in [0.2, 0.25) is 0 Å². The van der Waals surface area contributed by atoms with E-state index in [-0.39, 0.29) is 5.54 Å². The fourth-order valence-electron chi connectivity index (χ4n) is 2.86. The van der Waals surface area contributed by atoms with E-state index >= 15 is 0 Å². The van der Waals surface area contributed by atoms with E-state index in [1.807, 2.05) is 11.6 Å². The molecular formula is C13H24N4S. The Morgan fingerprint density at radius 2 is 1.94 bits per heavy atom. The molecule has 0 amide bonds. The van der Waals surface area contributed by atoms with Crippen LogP contribution < -0.4 is 10.6 Å². The summed E-state index contributed by atoms with van der Waals surface area (Å²) in [7, 11) is 0. The number of hydrogen-bond acceptors (Lipinski definition) is 5. The van der Waals surface area contributed by atoms with Gasteiger partial charge in [-0.15, -0.1) is 11.3 Å². The number of nitrogens with zero attached hydrogens (tertiary/aromatic N) is 3. The first-order valence-electron chi connectivity index (χ1n) is 6.85. The molecule has 0 saturated carbocycles. The topological polar surface area (TPSA) is 45.4 Å². The third kappa shape index (κ3) is 2.53. The van der Waals surface area contributed by atoms with Gasteiger partial charge in [-0.3, -0.25) is 4.90 Å². The van der Waals surface area contributed by atoms with Crippen LogP contribution in [-0.2, 0) is 0 Å². The van der Waals surface area contributed by atoms with Crippen LogP contribution >= 0.6 is 11.3 Å². The van der Waals surface area contributed by atoms with Crippen molar-refractivity contribution in [1.82, 2.24) is 9.88 Å². The highest BCUT2D eigenvalue weighted by atomic mass is 32.1. The fraction of sp³-hybridized carbons (Fsp3) is 0.769. The van der Waals surface area contributed by atoms with Gasteiger partial charge in [-0.1, -0.05) is 13.8 Å². The molecule has 1 aliphatic heterocycles. The standard InChI is InChI=1S/C13H24N4S/c1-3-13(4-2,11-14)17-8-6-16(7-9-17)12-15-5-10-18-12/h5,10H,3-4,6-9,11,14H2,1-2H3. The van der Waals surface area contributed by atoms with Crippen molar-refractivity contribution in [3.8, 4) is 0 Å². The Morgan fingerprint density at radius 3 is 2.39 bits per heavy atom. The Hall–Kier alpha value is -0.650. The molecule has 0 aliphatic carbocycles. The molecule has 4 nitrogen and oxygen atoms in total. The summed E-state index contributed by atoms with van der Waals surface area (Å²) in [5.74, 6) is 0. The third-order valence-corrected chi connectivity index (χ3v) is 5.17. The van der Waals surface area contributed by atoms with Crippen molar-refractivity contribution in [2.45, 2.75) is 32.2 Å². The van der Waals surface area contributed by atoms with Gasteiger partial charge < -0.3 is 10.6 Å². The molecule has 18 heavy (non-hydrogen) atoms. The Bertz CT molecular complexity index is 332.